The summed E-state index contributed by atoms with van der Waals surface area (Å²) in [6.07, 6.45) is 6.39. The van der Waals surface area contributed by atoms with Gasteiger partial charge in [0.25, 0.3) is 0 Å². The summed E-state index contributed by atoms with van der Waals surface area (Å²) in [6, 6.07) is 0. The Bertz CT molecular complexity index is 177. The molecule has 0 amide bonds. The summed E-state index contributed by atoms with van der Waals surface area (Å²) in [5, 5.41) is 0. The van der Waals surface area contributed by atoms with Gasteiger partial charge in [0.2, 0.25) is 0 Å². The summed E-state index contributed by atoms with van der Waals surface area (Å²) >= 11 is 2.27. The molecule has 0 aromatic heterocycles. The van der Waals surface area contributed by atoms with Gasteiger partial charge < -0.3 is 8.01 Å². The molecule has 1 aliphatic heterocycles. The van der Waals surface area contributed by atoms with Gasteiger partial charge in [0.05, 0.1) is 22.9 Å². The molecule has 0 radical (unpaired) electrons. The minimum absolute atomic E-state index is 0. The van der Waals surface area contributed by atoms with Crippen molar-refractivity contribution >= 4 is 39.8 Å². The Morgan fingerprint density at radius 1 is 1.55 bits per heavy atom. The number of hydrogen-bond acceptors (Lipinski definition) is 2. The summed E-state index contributed by atoms with van der Waals surface area (Å²) in [4.78, 5) is 2.11. The summed E-state index contributed by atoms with van der Waals surface area (Å²) in [6.45, 7) is 1.00. The molecule has 1 aliphatic rings. The van der Waals surface area contributed by atoms with Crippen molar-refractivity contribution in [2.75, 3.05) is 20.6 Å². The zero-order valence-electron chi connectivity index (χ0n) is 6.62. The second-order valence-corrected chi connectivity index (χ2v) is 3.66. The van der Waals surface area contributed by atoms with E-state index in [1.165, 1.54) is 5.70 Å². The fourth-order valence-electron chi connectivity index (χ4n) is 0.799. The quantitative estimate of drug-likeness (QED) is 0.537. The van der Waals surface area contributed by atoms with E-state index in [-0.39, 0.29) is 17.0 Å². The normalized spacial score (nSPS) is 15.5. The lowest BCUT2D eigenvalue weighted by atomic mass is 10.3. The van der Waals surface area contributed by atoms with E-state index in [4.69, 9.17) is 0 Å². The van der Waals surface area contributed by atoms with Crippen molar-refractivity contribution in [2.45, 2.75) is 0 Å². The molecule has 1 rings (SSSR count). The highest BCUT2D eigenvalue weighted by atomic mass is 127. The highest BCUT2D eigenvalue weighted by Gasteiger charge is 2.01. The summed E-state index contributed by atoms with van der Waals surface area (Å²) in [7, 11) is 4.11. The Balaban J connectivity index is 0.000001000. The van der Waals surface area contributed by atoms with E-state index in [2.05, 4.69) is 63.3 Å². The molecule has 64 valence electrons. The first-order valence-electron chi connectivity index (χ1n) is 3.18. The van der Waals surface area contributed by atoms with Crippen LogP contribution in [-0.2, 0) is 0 Å². The third-order valence-electron chi connectivity index (χ3n) is 1.40. The Labute approximate surface area is 92.2 Å². The van der Waals surface area contributed by atoms with Gasteiger partial charge in [-0.2, -0.15) is 0 Å². The van der Waals surface area contributed by atoms with E-state index < -0.39 is 0 Å². The van der Waals surface area contributed by atoms with Gasteiger partial charge in [-0.05, 0) is 12.2 Å². The Morgan fingerprint density at radius 3 is 2.55 bits per heavy atom. The number of allylic oxidation sites excluding steroid dienone is 1. The van der Waals surface area contributed by atoms with E-state index in [0.717, 1.165) is 6.54 Å². The van der Waals surface area contributed by atoms with Crippen molar-refractivity contribution in [3.63, 3.8) is 0 Å². The Kier molecular flexibility index (Phi) is 5.16. The van der Waals surface area contributed by atoms with Gasteiger partial charge >= 0.3 is 0 Å². The standard InChI is InChI=1S/C7H11IN2.BrH/c1-9(2)7-3-5-10(8)6-4-7;/h3-5H,6H2,1-2H3;1H. The molecule has 0 atom stereocenters. The predicted octanol–water partition coefficient (Wildman–Crippen LogP) is 2.19. The summed E-state index contributed by atoms with van der Waals surface area (Å²) in [5.74, 6) is 0. The van der Waals surface area contributed by atoms with E-state index in [0.29, 0.717) is 0 Å². The molecule has 0 fully saturated rings. The highest BCUT2D eigenvalue weighted by Crippen LogP contribution is 2.11. The smallest absolute Gasteiger partial charge is 0.0589 e. The first kappa shape index (κ1) is 11.3. The molecule has 0 saturated carbocycles. The van der Waals surface area contributed by atoms with Crippen LogP contribution in [0.4, 0.5) is 0 Å². The van der Waals surface area contributed by atoms with Crippen molar-refractivity contribution in [3.05, 3.63) is 24.0 Å². The lowest BCUT2D eigenvalue weighted by Crippen LogP contribution is -2.15. The average molecular weight is 331 g/mol. The molecular formula is C7H12BrIN2. The van der Waals surface area contributed by atoms with Gasteiger partial charge in [-0.25, -0.2) is 0 Å². The third-order valence-corrected chi connectivity index (χ3v) is 2.11. The molecule has 4 heteroatoms. The van der Waals surface area contributed by atoms with Crippen molar-refractivity contribution in [3.8, 4) is 0 Å². The molecule has 0 N–H and O–H groups in total. The van der Waals surface area contributed by atoms with E-state index in [1.807, 2.05) is 0 Å². The van der Waals surface area contributed by atoms with Crippen LogP contribution in [0.2, 0.25) is 0 Å². The number of nitrogens with zero attached hydrogens (tertiary/aromatic N) is 2. The summed E-state index contributed by atoms with van der Waals surface area (Å²) in [5.41, 5.74) is 1.29. The van der Waals surface area contributed by atoms with Crippen LogP contribution in [0.5, 0.6) is 0 Å². The number of likely N-dealkylation sites (N-methyl/N-ethyl adjacent to an activating group) is 1. The van der Waals surface area contributed by atoms with Crippen molar-refractivity contribution < 1.29 is 0 Å². The molecule has 11 heavy (non-hydrogen) atoms. The van der Waals surface area contributed by atoms with Crippen LogP contribution in [0.3, 0.4) is 0 Å². The van der Waals surface area contributed by atoms with Crippen molar-refractivity contribution in [1.82, 2.24) is 8.01 Å². The van der Waals surface area contributed by atoms with Crippen LogP contribution < -0.4 is 0 Å². The maximum absolute atomic E-state index is 2.27. The van der Waals surface area contributed by atoms with Crippen LogP contribution in [-0.4, -0.2) is 28.7 Å². The largest absolute Gasteiger partial charge is 0.378 e. The molecule has 2 nitrogen and oxygen atoms in total. The molecular weight excluding hydrogens is 319 g/mol. The van der Waals surface area contributed by atoms with E-state index >= 15 is 0 Å². The minimum Gasteiger partial charge on any atom is -0.378 e. The van der Waals surface area contributed by atoms with Crippen LogP contribution >= 0.6 is 39.8 Å². The molecule has 0 unspecified atom stereocenters. The highest BCUT2D eigenvalue weighted by molar-refractivity contribution is 14.1. The fraction of sp³-hybridized carbons (Fsp3) is 0.429. The van der Waals surface area contributed by atoms with Crippen LogP contribution in [0.1, 0.15) is 0 Å². The summed E-state index contributed by atoms with van der Waals surface area (Å²) < 4.78 is 2.12. The lowest BCUT2D eigenvalue weighted by molar-refractivity contribution is 0.517. The number of halogens is 2. The average Bonchev–Trinajstić information content (AvgIpc) is 1.88. The topological polar surface area (TPSA) is 6.48 Å². The number of hydrogen-bond donors (Lipinski definition) is 0. The zero-order valence-corrected chi connectivity index (χ0v) is 10.5. The Morgan fingerprint density at radius 2 is 2.18 bits per heavy atom. The van der Waals surface area contributed by atoms with Crippen molar-refractivity contribution in [2.24, 2.45) is 0 Å². The third kappa shape index (κ3) is 3.46. The molecule has 0 saturated heterocycles. The fourth-order valence-corrected chi connectivity index (χ4v) is 1.16. The molecule has 0 bridgehead atoms. The molecule has 0 aliphatic carbocycles. The molecule has 1 heterocycles. The molecule has 0 aromatic carbocycles. The Hall–Kier alpha value is 0.290. The molecule has 0 aromatic rings. The van der Waals surface area contributed by atoms with E-state index in [9.17, 15) is 0 Å². The minimum atomic E-state index is 0. The first-order chi connectivity index (χ1) is 4.70. The van der Waals surface area contributed by atoms with Crippen LogP contribution in [0, 0.1) is 0 Å². The van der Waals surface area contributed by atoms with Gasteiger partial charge in [-0.15, -0.1) is 17.0 Å². The van der Waals surface area contributed by atoms with Crippen molar-refractivity contribution in [1.29, 1.82) is 0 Å². The van der Waals surface area contributed by atoms with Crippen LogP contribution in [0.25, 0.3) is 0 Å². The maximum atomic E-state index is 2.27. The van der Waals surface area contributed by atoms with Gasteiger partial charge in [0.1, 0.15) is 0 Å². The predicted molar refractivity (Wildman–Crippen MR) is 62.0 cm³/mol. The van der Waals surface area contributed by atoms with E-state index in [1.54, 1.807) is 0 Å². The molecule has 0 spiro atoms. The SMILES string of the molecule is Br.CN(C)C1=CCN(I)C=C1. The van der Waals surface area contributed by atoms with Gasteiger partial charge in [0, 0.05) is 32.5 Å². The monoisotopic (exact) mass is 330 g/mol. The van der Waals surface area contributed by atoms with Crippen LogP contribution in [0.15, 0.2) is 24.0 Å². The van der Waals surface area contributed by atoms with Gasteiger partial charge in [-0.1, -0.05) is 0 Å². The van der Waals surface area contributed by atoms with Gasteiger partial charge in [-0.3, -0.25) is 0 Å². The van der Waals surface area contributed by atoms with Gasteiger partial charge in [0.15, 0.2) is 0 Å². The number of rotatable bonds is 1. The zero-order chi connectivity index (χ0) is 7.56. The second-order valence-electron chi connectivity index (χ2n) is 2.42. The first-order valence-corrected chi connectivity index (χ1v) is 4.15. The second kappa shape index (κ2) is 5.03. The lowest BCUT2D eigenvalue weighted by Gasteiger charge is -2.20. The maximum Gasteiger partial charge on any atom is 0.0589 e.